The fourth-order valence-corrected chi connectivity index (χ4v) is 2.65. The molecule has 0 aliphatic carbocycles. The highest BCUT2D eigenvalue weighted by Gasteiger charge is 2.29. The molecular formula is C15H23N. The first-order valence-electron chi connectivity index (χ1n) is 6.44. The van der Waals surface area contributed by atoms with Crippen LogP contribution in [0, 0.1) is 5.92 Å². The van der Waals surface area contributed by atoms with Gasteiger partial charge in [0.25, 0.3) is 0 Å². The van der Waals surface area contributed by atoms with Crippen molar-refractivity contribution in [1.29, 1.82) is 0 Å². The van der Waals surface area contributed by atoms with Crippen molar-refractivity contribution in [2.75, 3.05) is 6.54 Å². The van der Waals surface area contributed by atoms with E-state index in [0.717, 1.165) is 12.5 Å². The summed E-state index contributed by atoms with van der Waals surface area (Å²) in [6.45, 7) is 8.05. The van der Waals surface area contributed by atoms with Crippen LogP contribution in [0.3, 0.4) is 0 Å². The highest BCUT2D eigenvalue weighted by Crippen LogP contribution is 2.30. The lowest BCUT2D eigenvalue weighted by molar-refractivity contribution is 0.434. The van der Waals surface area contributed by atoms with E-state index in [0.29, 0.717) is 0 Å². The van der Waals surface area contributed by atoms with E-state index in [9.17, 15) is 0 Å². The molecule has 0 saturated carbocycles. The molecule has 1 N–H and O–H groups in total. The Morgan fingerprint density at radius 1 is 1.38 bits per heavy atom. The summed E-state index contributed by atoms with van der Waals surface area (Å²) in [4.78, 5) is 0. The molecule has 1 heteroatoms. The molecular weight excluding hydrogens is 194 g/mol. The van der Waals surface area contributed by atoms with Crippen LogP contribution in [0.2, 0.25) is 0 Å². The van der Waals surface area contributed by atoms with Crippen LogP contribution >= 0.6 is 0 Å². The Balaban J connectivity index is 2.21. The predicted molar refractivity (Wildman–Crippen MR) is 69.6 cm³/mol. The zero-order valence-corrected chi connectivity index (χ0v) is 10.7. The van der Waals surface area contributed by atoms with E-state index >= 15 is 0 Å². The van der Waals surface area contributed by atoms with Crippen LogP contribution in [-0.4, -0.2) is 6.54 Å². The quantitative estimate of drug-likeness (QED) is 0.817. The molecule has 1 nitrogen and oxygen atoms in total. The predicted octanol–water partition coefficient (Wildman–Crippen LogP) is 3.48. The molecule has 1 atom stereocenters. The Morgan fingerprint density at radius 3 is 2.81 bits per heavy atom. The van der Waals surface area contributed by atoms with Crippen LogP contribution in [0.4, 0.5) is 0 Å². The minimum absolute atomic E-state index is 0.215. The molecule has 0 spiro atoms. The van der Waals surface area contributed by atoms with Crippen LogP contribution < -0.4 is 5.32 Å². The fourth-order valence-electron chi connectivity index (χ4n) is 2.65. The fraction of sp³-hybridized carbons (Fsp3) is 0.600. The summed E-state index contributed by atoms with van der Waals surface area (Å²) in [7, 11) is 0. The molecule has 1 aliphatic rings. The smallest absolute Gasteiger partial charge is 0.0406 e. The van der Waals surface area contributed by atoms with Crippen LogP contribution in [0.1, 0.15) is 44.7 Å². The zero-order valence-electron chi connectivity index (χ0n) is 10.7. The topological polar surface area (TPSA) is 12.0 Å². The van der Waals surface area contributed by atoms with Crippen molar-refractivity contribution >= 4 is 0 Å². The van der Waals surface area contributed by atoms with Gasteiger partial charge in [-0.3, -0.25) is 0 Å². The molecule has 1 aliphatic heterocycles. The number of benzene rings is 1. The van der Waals surface area contributed by atoms with Crippen molar-refractivity contribution in [3.63, 3.8) is 0 Å². The first kappa shape index (κ1) is 11.7. The molecule has 0 amide bonds. The highest BCUT2D eigenvalue weighted by molar-refractivity contribution is 5.30. The first-order chi connectivity index (χ1) is 7.60. The lowest BCUT2D eigenvalue weighted by Gasteiger charge is -2.25. The van der Waals surface area contributed by atoms with Gasteiger partial charge in [-0.05, 0) is 49.8 Å². The van der Waals surface area contributed by atoms with Gasteiger partial charge < -0.3 is 5.32 Å². The minimum atomic E-state index is 0.215. The monoisotopic (exact) mass is 217 g/mol. The summed E-state index contributed by atoms with van der Waals surface area (Å²) < 4.78 is 0. The largest absolute Gasteiger partial charge is 0.308 e. The molecule has 1 fully saturated rings. The molecule has 0 radical (unpaired) electrons. The second-order valence-corrected chi connectivity index (χ2v) is 5.66. The Morgan fingerprint density at radius 2 is 2.19 bits per heavy atom. The van der Waals surface area contributed by atoms with E-state index in [2.05, 4.69) is 50.4 Å². The van der Waals surface area contributed by atoms with Gasteiger partial charge in [0.2, 0.25) is 0 Å². The molecule has 0 bridgehead atoms. The third kappa shape index (κ3) is 2.46. The Kier molecular flexibility index (Phi) is 3.34. The van der Waals surface area contributed by atoms with Crippen molar-refractivity contribution in [1.82, 2.24) is 5.32 Å². The number of hydrogen-bond acceptors (Lipinski definition) is 1. The summed E-state index contributed by atoms with van der Waals surface area (Å²) in [5, 5.41) is 3.63. The average molecular weight is 217 g/mol. The molecule has 1 heterocycles. The summed E-state index contributed by atoms with van der Waals surface area (Å²) in [5.74, 6) is 0.736. The van der Waals surface area contributed by atoms with Crippen LogP contribution in [0.15, 0.2) is 24.3 Å². The van der Waals surface area contributed by atoms with Gasteiger partial charge in [-0.25, -0.2) is 0 Å². The Bertz CT molecular complexity index is 348. The van der Waals surface area contributed by atoms with Crippen LogP contribution in [0.25, 0.3) is 0 Å². The molecule has 1 aromatic carbocycles. The van der Waals surface area contributed by atoms with Crippen molar-refractivity contribution in [3.05, 3.63) is 35.4 Å². The molecule has 2 rings (SSSR count). The van der Waals surface area contributed by atoms with Crippen molar-refractivity contribution < 1.29 is 0 Å². The summed E-state index contributed by atoms with van der Waals surface area (Å²) in [6, 6.07) is 9.11. The lowest BCUT2D eigenvalue weighted by atomic mass is 9.88. The molecule has 88 valence electrons. The van der Waals surface area contributed by atoms with Crippen LogP contribution in [-0.2, 0) is 12.0 Å². The van der Waals surface area contributed by atoms with Gasteiger partial charge in [0.05, 0.1) is 0 Å². The normalized spacial score (nSPS) is 25.2. The average Bonchev–Trinajstić information content (AvgIpc) is 2.66. The van der Waals surface area contributed by atoms with Gasteiger partial charge in [0.1, 0.15) is 0 Å². The second-order valence-electron chi connectivity index (χ2n) is 5.66. The van der Waals surface area contributed by atoms with Gasteiger partial charge in [0.15, 0.2) is 0 Å². The maximum absolute atomic E-state index is 3.63. The number of rotatable bonds is 3. The number of nitrogens with one attached hydrogen (secondary N) is 1. The second kappa shape index (κ2) is 4.58. The Hall–Kier alpha value is -0.820. The summed E-state index contributed by atoms with van der Waals surface area (Å²) in [6.07, 6.45) is 3.74. The maximum Gasteiger partial charge on any atom is 0.0406 e. The molecule has 1 aromatic rings. The van der Waals surface area contributed by atoms with Gasteiger partial charge in [-0.1, -0.05) is 38.1 Å². The molecule has 1 unspecified atom stereocenters. The third-order valence-electron chi connectivity index (χ3n) is 3.58. The van der Waals surface area contributed by atoms with Crippen LogP contribution in [0.5, 0.6) is 0 Å². The van der Waals surface area contributed by atoms with Gasteiger partial charge in [-0.15, -0.1) is 0 Å². The maximum atomic E-state index is 3.63. The first-order valence-corrected chi connectivity index (χ1v) is 6.44. The standard InChI is InChI=1S/C15H23N/c1-12(2)10-13-6-4-7-14(11-13)15(3)8-5-9-16-15/h4,6-7,11-12,16H,5,8-10H2,1-3H3. The van der Waals surface area contributed by atoms with E-state index < -0.39 is 0 Å². The molecule has 0 aromatic heterocycles. The summed E-state index contributed by atoms with van der Waals surface area (Å²) >= 11 is 0. The van der Waals surface area contributed by atoms with Gasteiger partial charge >= 0.3 is 0 Å². The van der Waals surface area contributed by atoms with Gasteiger partial charge in [0, 0.05) is 5.54 Å². The lowest BCUT2D eigenvalue weighted by Crippen LogP contribution is -2.33. The van der Waals surface area contributed by atoms with Crippen molar-refractivity contribution in [3.8, 4) is 0 Å². The molecule has 1 saturated heterocycles. The zero-order chi connectivity index (χ0) is 11.6. The molecule has 16 heavy (non-hydrogen) atoms. The van der Waals surface area contributed by atoms with Gasteiger partial charge in [-0.2, -0.15) is 0 Å². The van der Waals surface area contributed by atoms with E-state index in [4.69, 9.17) is 0 Å². The summed E-state index contributed by atoms with van der Waals surface area (Å²) in [5.41, 5.74) is 3.15. The SMILES string of the molecule is CC(C)Cc1cccc(C2(C)CCCN2)c1. The minimum Gasteiger partial charge on any atom is -0.308 e. The van der Waals surface area contributed by atoms with E-state index in [1.54, 1.807) is 0 Å². The van der Waals surface area contributed by atoms with E-state index in [-0.39, 0.29) is 5.54 Å². The highest BCUT2D eigenvalue weighted by atomic mass is 15.0. The van der Waals surface area contributed by atoms with E-state index in [1.165, 1.54) is 30.4 Å². The third-order valence-corrected chi connectivity index (χ3v) is 3.58. The van der Waals surface area contributed by atoms with Crippen molar-refractivity contribution in [2.24, 2.45) is 5.92 Å². The van der Waals surface area contributed by atoms with Crippen molar-refractivity contribution in [2.45, 2.75) is 45.6 Å². The Labute approximate surface area is 99.3 Å². The van der Waals surface area contributed by atoms with E-state index in [1.807, 2.05) is 0 Å². The number of hydrogen-bond donors (Lipinski definition) is 1.